The van der Waals surface area contributed by atoms with Gasteiger partial charge in [-0.05, 0) is 128 Å². The van der Waals surface area contributed by atoms with E-state index in [1.165, 1.54) is 109 Å². The second kappa shape index (κ2) is 12.4. The lowest BCUT2D eigenvalue weighted by Crippen LogP contribution is -2.29. The Morgan fingerprint density at radius 3 is 1.53 bits per heavy atom. The van der Waals surface area contributed by atoms with Gasteiger partial charge in [0.05, 0.1) is 5.41 Å². The van der Waals surface area contributed by atoms with Gasteiger partial charge in [-0.1, -0.05) is 200 Å². The van der Waals surface area contributed by atoms with E-state index in [1.54, 1.807) is 0 Å². The summed E-state index contributed by atoms with van der Waals surface area (Å²) in [5.41, 5.74) is 12.2. The number of hydrogen-bond donors (Lipinski definition) is 0. The Labute approximate surface area is 331 Å². The van der Waals surface area contributed by atoms with Crippen LogP contribution in [0.5, 0.6) is 0 Å². The molecule has 0 aromatic heterocycles. The lowest BCUT2D eigenvalue weighted by molar-refractivity contribution is 0.776. The van der Waals surface area contributed by atoms with E-state index in [0.29, 0.717) is 0 Å². The van der Waals surface area contributed by atoms with E-state index in [-0.39, 0.29) is 0 Å². The zero-order valence-corrected chi connectivity index (χ0v) is 31.3. The van der Waals surface area contributed by atoms with Crippen LogP contribution in [0.3, 0.4) is 0 Å². The summed E-state index contributed by atoms with van der Waals surface area (Å²) < 4.78 is 0. The first kappa shape index (κ1) is 32.0. The third kappa shape index (κ3) is 4.56. The van der Waals surface area contributed by atoms with Crippen LogP contribution >= 0.6 is 0 Å². The number of benzene rings is 11. The van der Waals surface area contributed by atoms with E-state index in [1.807, 2.05) is 0 Å². The van der Waals surface area contributed by atoms with Crippen molar-refractivity contribution in [2.75, 3.05) is 0 Å². The fourth-order valence-electron chi connectivity index (χ4n) is 10.3. The molecule has 0 fully saturated rings. The number of rotatable bonds is 4. The molecule has 0 N–H and O–H groups in total. The highest BCUT2D eigenvalue weighted by molar-refractivity contribution is 6.21. The van der Waals surface area contributed by atoms with Crippen LogP contribution in [0, 0.1) is 0 Å². The molecule has 0 nitrogen and oxygen atoms in total. The van der Waals surface area contributed by atoms with Crippen LogP contribution in [-0.4, -0.2) is 0 Å². The van der Waals surface area contributed by atoms with Crippen molar-refractivity contribution in [3.8, 4) is 33.4 Å². The molecular formula is C57H36. The molecule has 57 heavy (non-hydrogen) atoms. The Hall–Kier alpha value is -7.28. The lowest BCUT2D eigenvalue weighted by Gasteiger charge is -2.35. The van der Waals surface area contributed by atoms with Gasteiger partial charge in [0.25, 0.3) is 0 Å². The molecule has 0 heteroatoms. The van der Waals surface area contributed by atoms with Gasteiger partial charge < -0.3 is 0 Å². The van der Waals surface area contributed by atoms with Crippen LogP contribution in [0.2, 0.25) is 0 Å². The van der Waals surface area contributed by atoms with E-state index in [2.05, 4.69) is 218 Å². The minimum atomic E-state index is -0.601. The molecule has 0 spiro atoms. The van der Waals surface area contributed by atoms with Gasteiger partial charge in [-0.25, -0.2) is 0 Å². The fourth-order valence-corrected chi connectivity index (χ4v) is 10.3. The number of hydrogen-bond acceptors (Lipinski definition) is 0. The molecule has 0 radical (unpaired) electrons. The van der Waals surface area contributed by atoms with Crippen molar-refractivity contribution in [2.24, 2.45) is 0 Å². The monoisotopic (exact) mass is 720 g/mol. The number of fused-ring (bicyclic) bond motifs is 10. The van der Waals surface area contributed by atoms with E-state index >= 15 is 0 Å². The van der Waals surface area contributed by atoms with Crippen molar-refractivity contribution < 1.29 is 0 Å². The Kier molecular flexibility index (Phi) is 6.94. The summed E-state index contributed by atoms with van der Waals surface area (Å²) in [6.45, 7) is 0. The van der Waals surface area contributed by atoms with Gasteiger partial charge in [-0.2, -0.15) is 0 Å². The third-order valence-corrected chi connectivity index (χ3v) is 12.7. The zero-order chi connectivity index (χ0) is 37.5. The van der Waals surface area contributed by atoms with Gasteiger partial charge in [0.15, 0.2) is 0 Å². The van der Waals surface area contributed by atoms with Gasteiger partial charge in [-0.3, -0.25) is 0 Å². The largest absolute Gasteiger partial charge is 0.0720 e. The molecule has 0 bridgehead atoms. The highest BCUT2D eigenvalue weighted by Crippen LogP contribution is 2.61. The SMILES string of the molecule is c1ccc(C2(c3ccccc3)c3cc(-c4c5ccccc5cc5c4ccc4ccccc45)cc(-c4cccc5ccccc45)c3-c3ccc4ccccc4c32)cc1. The molecule has 0 unspecified atom stereocenters. The molecular weight excluding hydrogens is 685 g/mol. The molecule has 0 saturated heterocycles. The van der Waals surface area contributed by atoms with Gasteiger partial charge in [0.1, 0.15) is 0 Å². The normalized spacial score (nSPS) is 13.1. The topological polar surface area (TPSA) is 0 Å². The summed E-state index contributed by atoms with van der Waals surface area (Å²) in [7, 11) is 0. The molecule has 11 aromatic rings. The molecule has 0 amide bonds. The Balaban J connectivity index is 1.33. The van der Waals surface area contributed by atoms with Gasteiger partial charge in [0, 0.05) is 0 Å². The van der Waals surface area contributed by atoms with Gasteiger partial charge in [0.2, 0.25) is 0 Å². The van der Waals surface area contributed by atoms with Crippen molar-refractivity contribution >= 4 is 53.9 Å². The van der Waals surface area contributed by atoms with Crippen molar-refractivity contribution in [1.82, 2.24) is 0 Å². The summed E-state index contributed by atoms with van der Waals surface area (Å²) in [4.78, 5) is 0. The first-order chi connectivity index (χ1) is 28.3. The summed E-state index contributed by atoms with van der Waals surface area (Å²) in [5, 5.41) is 12.6. The highest BCUT2D eigenvalue weighted by atomic mass is 14.5. The average molecular weight is 721 g/mol. The van der Waals surface area contributed by atoms with Crippen molar-refractivity contribution in [3.05, 3.63) is 241 Å². The summed E-state index contributed by atoms with van der Waals surface area (Å²) in [6.07, 6.45) is 0. The third-order valence-electron chi connectivity index (χ3n) is 12.7. The van der Waals surface area contributed by atoms with Crippen LogP contribution in [0.4, 0.5) is 0 Å². The van der Waals surface area contributed by atoms with Crippen LogP contribution in [-0.2, 0) is 5.41 Å². The second-order valence-electron chi connectivity index (χ2n) is 15.5. The van der Waals surface area contributed by atoms with Crippen molar-refractivity contribution in [3.63, 3.8) is 0 Å². The molecule has 0 saturated carbocycles. The maximum Gasteiger partial charge on any atom is 0.0720 e. The predicted molar refractivity (Wildman–Crippen MR) is 242 cm³/mol. The maximum absolute atomic E-state index is 2.56. The van der Waals surface area contributed by atoms with Crippen LogP contribution in [0.15, 0.2) is 218 Å². The molecule has 0 heterocycles. The van der Waals surface area contributed by atoms with E-state index in [4.69, 9.17) is 0 Å². The van der Waals surface area contributed by atoms with Crippen LogP contribution in [0.1, 0.15) is 22.3 Å². The molecule has 0 aliphatic heterocycles. The van der Waals surface area contributed by atoms with Gasteiger partial charge in [-0.15, -0.1) is 0 Å². The first-order valence-electron chi connectivity index (χ1n) is 19.9. The highest BCUT2D eigenvalue weighted by Gasteiger charge is 2.48. The summed E-state index contributed by atoms with van der Waals surface area (Å²) in [6, 6.07) is 81.8. The molecule has 264 valence electrons. The van der Waals surface area contributed by atoms with Crippen LogP contribution < -0.4 is 0 Å². The smallest absolute Gasteiger partial charge is 0.0622 e. The predicted octanol–water partition coefficient (Wildman–Crippen LogP) is 15.1. The minimum absolute atomic E-state index is 0.601. The molecule has 1 aliphatic carbocycles. The average Bonchev–Trinajstić information content (AvgIpc) is 3.60. The zero-order valence-electron chi connectivity index (χ0n) is 31.3. The first-order valence-corrected chi connectivity index (χ1v) is 19.9. The van der Waals surface area contributed by atoms with Gasteiger partial charge >= 0.3 is 0 Å². The van der Waals surface area contributed by atoms with E-state index < -0.39 is 5.41 Å². The van der Waals surface area contributed by atoms with E-state index in [0.717, 1.165) is 0 Å². The van der Waals surface area contributed by atoms with Crippen LogP contribution in [0.25, 0.3) is 87.2 Å². The maximum atomic E-state index is 2.56. The minimum Gasteiger partial charge on any atom is -0.0622 e. The Morgan fingerprint density at radius 2 is 0.807 bits per heavy atom. The van der Waals surface area contributed by atoms with Crippen molar-refractivity contribution in [1.29, 1.82) is 0 Å². The quantitative estimate of drug-likeness (QED) is 0.125. The van der Waals surface area contributed by atoms with E-state index in [9.17, 15) is 0 Å². The van der Waals surface area contributed by atoms with Crippen molar-refractivity contribution in [2.45, 2.75) is 5.41 Å². The molecule has 1 aliphatic rings. The Bertz CT molecular complexity index is 3350. The molecule has 11 aromatic carbocycles. The second-order valence-corrected chi connectivity index (χ2v) is 15.5. The standard InChI is InChI=1S/C57H36/c1-3-21-42(22-4-1)57(43-23-5-2-6-24-43)53-36-41(54-46-27-13-10-19-40(46)34-51-45-26-12-8-17-38(45)30-32-49(51)54)35-52(48-29-15-20-37-16-7-11-25-44(37)48)55(53)50-33-31-39-18-9-14-28-47(39)56(50)57/h1-36H. The molecule has 0 atom stereocenters. The fraction of sp³-hybridized carbons (Fsp3) is 0.0175. The Morgan fingerprint density at radius 1 is 0.263 bits per heavy atom. The lowest BCUT2D eigenvalue weighted by atomic mass is 9.66. The summed E-state index contributed by atoms with van der Waals surface area (Å²) in [5.74, 6) is 0. The molecule has 12 rings (SSSR count). The summed E-state index contributed by atoms with van der Waals surface area (Å²) >= 11 is 0.